The van der Waals surface area contributed by atoms with Crippen molar-refractivity contribution in [1.29, 1.82) is 0 Å². The number of nitrogens with one attached hydrogen (secondary N) is 1. The van der Waals surface area contributed by atoms with E-state index in [0.29, 0.717) is 12.3 Å². The molecule has 0 aromatic heterocycles. The minimum Gasteiger partial charge on any atom is -0.352 e. The SMILES string of the molecule is O=C1\C=N/C=c2/cccc/c2=C/N/C=N\CCS1. The number of aliphatic imine (C=N–C) groups is 2. The second-order valence-corrected chi connectivity index (χ2v) is 4.65. The molecule has 0 aliphatic carbocycles. The van der Waals surface area contributed by atoms with Gasteiger partial charge in [-0.25, -0.2) is 0 Å². The standard InChI is InChI=1S/C13H13N3OS/c17-13-9-15-7-11-3-1-2-4-12(11)8-16-10-14-5-6-18-13/h1-4,7-10H,5-6H2,(H,14,16)/b11-7-,12-8-,15-9-. The van der Waals surface area contributed by atoms with Gasteiger partial charge >= 0.3 is 0 Å². The van der Waals surface area contributed by atoms with Crippen molar-refractivity contribution < 1.29 is 4.79 Å². The van der Waals surface area contributed by atoms with Crippen LogP contribution in [0.4, 0.5) is 0 Å². The maximum Gasteiger partial charge on any atom is 0.230 e. The van der Waals surface area contributed by atoms with Crippen LogP contribution in [0.2, 0.25) is 0 Å². The molecule has 18 heavy (non-hydrogen) atoms. The van der Waals surface area contributed by atoms with Gasteiger partial charge in [0.25, 0.3) is 0 Å². The molecule has 92 valence electrons. The summed E-state index contributed by atoms with van der Waals surface area (Å²) >= 11 is 1.22. The Hall–Kier alpha value is -1.88. The summed E-state index contributed by atoms with van der Waals surface area (Å²) < 4.78 is 0. The number of carbonyl (C=O) groups excluding carboxylic acids is 1. The largest absolute Gasteiger partial charge is 0.352 e. The lowest BCUT2D eigenvalue weighted by Crippen LogP contribution is -2.26. The highest BCUT2D eigenvalue weighted by atomic mass is 32.2. The molecule has 5 heteroatoms. The highest BCUT2D eigenvalue weighted by Gasteiger charge is 1.96. The summed E-state index contributed by atoms with van der Waals surface area (Å²) in [5.74, 6) is 0.663. The van der Waals surface area contributed by atoms with Gasteiger partial charge in [0.1, 0.15) is 0 Å². The summed E-state index contributed by atoms with van der Waals surface area (Å²) in [6, 6.07) is 7.80. The van der Waals surface area contributed by atoms with E-state index in [1.54, 1.807) is 12.5 Å². The number of benzene rings is 1. The van der Waals surface area contributed by atoms with Crippen LogP contribution >= 0.6 is 11.8 Å². The third-order valence-electron chi connectivity index (χ3n) is 2.26. The van der Waals surface area contributed by atoms with Crippen LogP contribution in [0.5, 0.6) is 0 Å². The molecule has 0 radical (unpaired) electrons. The zero-order valence-corrected chi connectivity index (χ0v) is 10.6. The Kier molecular flexibility index (Phi) is 4.72. The summed E-state index contributed by atoms with van der Waals surface area (Å²) in [7, 11) is 0. The van der Waals surface area contributed by atoms with Gasteiger partial charge < -0.3 is 5.32 Å². The number of thioether (sulfide) groups is 1. The molecule has 0 fully saturated rings. The van der Waals surface area contributed by atoms with E-state index < -0.39 is 0 Å². The Morgan fingerprint density at radius 1 is 1.22 bits per heavy atom. The van der Waals surface area contributed by atoms with Gasteiger partial charge in [0.2, 0.25) is 5.12 Å². The fraction of sp³-hybridized carbons (Fsp3) is 0.154. The molecule has 1 aromatic carbocycles. The molecule has 0 saturated heterocycles. The van der Waals surface area contributed by atoms with Crippen molar-refractivity contribution >= 4 is 41.8 Å². The van der Waals surface area contributed by atoms with Gasteiger partial charge in [0.05, 0.1) is 19.1 Å². The van der Waals surface area contributed by atoms with E-state index in [1.165, 1.54) is 18.0 Å². The molecule has 0 bridgehead atoms. The number of hydrogen-bond donors (Lipinski definition) is 1. The third-order valence-corrected chi connectivity index (χ3v) is 3.04. The Morgan fingerprint density at radius 2 is 2.06 bits per heavy atom. The maximum absolute atomic E-state index is 11.4. The Labute approximate surface area is 109 Å². The van der Waals surface area contributed by atoms with E-state index in [9.17, 15) is 4.79 Å². The number of hydrogen-bond acceptors (Lipinski definition) is 5. The maximum atomic E-state index is 11.4. The fourth-order valence-electron chi connectivity index (χ4n) is 1.42. The van der Waals surface area contributed by atoms with E-state index in [0.717, 1.165) is 10.4 Å². The van der Waals surface area contributed by atoms with Crippen molar-refractivity contribution in [2.45, 2.75) is 0 Å². The van der Waals surface area contributed by atoms with E-state index in [4.69, 9.17) is 0 Å². The fourth-order valence-corrected chi connectivity index (χ4v) is 1.95. The normalized spacial score (nSPS) is 23.4. The van der Waals surface area contributed by atoms with Crippen molar-refractivity contribution in [1.82, 2.24) is 5.32 Å². The van der Waals surface area contributed by atoms with Crippen LogP contribution < -0.4 is 15.8 Å². The van der Waals surface area contributed by atoms with Crippen LogP contribution in [-0.4, -0.2) is 30.0 Å². The van der Waals surface area contributed by atoms with Crippen molar-refractivity contribution in [3.05, 3.63) is 34.7 Å². The molecule has 1 N–H and O–H groups in total. The first kappa shape index (κ1) is 12.6. The lowest BCUT2D eigenvalue weighted by Gasteiger charge is -1.92. The second-order valence-electron chi connectivity index (χ2n) is 3.55. The highest BCUT2D eigenvalue weighted by molar-refractivity contribution is 8.15. The number of fused-ring (bicyclic) bond motifs is 1. The van der Waals surface area contributed by atoms with Crippen molar-refractivity contribution in [3.63, 3.8) is 0 Å². The van der Waals surface area contributed by atoms with Gasteiger partial charge in [-0.2, -0.15) is 0 Å². The van der Waals surface area contributed by atoms with Crippen LogP contribution in [0.15, 0.2) is 34.3 Å². The molecule has 2 rings (SSSR count). The lowest BCUT2D eigenvalue weighted by atomic mass is 10.2. The predicted octanol–water partition coefficient (Wildman–Crippen LogP) is 0.125. The molecule has 0 unspecified atom stereocenters. The van der Waals surface area contributed by atoms with E-state index >= 15 is 0 Å². The summed E-state index contributed by atoms with van der Waals surface area (Å²) in [5, 5.41) is 4.91. The molecular weight excluding hydrogens is 246 g/mol. The minimum atomic E-state index is -0.0462. The molecular formula is C13H13N3OS. The first-order chi connectivity index (χ1) is 8.86. The summed E-state index contributed by atoms with van der Waals surface area (Å²) in [6.45, 7) is 0.608. The molecule has 1 aliphatic heterocycles. The first-order valence-corrected chi connectivity index (χ1v) is 6.54. The average Bonchev–Trinajstić information content (AvgIpc) is 2.40. The molecule has 0 spiro atoms. The topological polar surface area (TPSA) is 53.8 Å². The van der Waals surface area contributed by atoms with Crippen molar-refractivity contribution in [2.24, 2.45) is 9.98 Å². The van der Waals surface area contributed by atoms with Gasteiger partial charge in [0.15, 0.2) is 0 Å². The van der Waals surface area contributed by atoms with Gasteiger partial charge in [-0.15, -0.1) is 0 Å². The first-order valence-electron chi connectivity index (χ1n) is 5.56. The quantitative estimate of drug-likeness (QED) is 0.720. The van der Waals surface area contributed by atoms with Crippen molar-refractivity contribution in [2.75, 3.05) is 12.3 Å². The molecule has 1 aromatic rings. The van der Waals surface area contributed by atoms with Crippen LogP contribution in [0.25, 0.3) is 12.4 Å². The summed E-state index contributed by atoms with van der Waals surface area (Å²) in [6.07, 6.45) is 6.52. The monoisotopic (exact) mass is 259 g/mol. The second kappa shape index (κ2) is 6.76. The van der Waals surface area contributed by atoms with Gasteiger partial charge in [-0.1, -0.05) is 36.0 Å². The van der Waals surface area contributed by atoms with E-state index in [1.807, 2.05) is 30.5 Å². The summed E-state index contributed by atoms with van der Waals surface area (Å²) in [5.41, 5.74) is 0. The van der Waals surface area contributed by atoms with Crippen LogP contribution in [0, 0.1) is 0 Å². The zero-order valence-electron chi connectivity index (χ0n) is 9.74. The molecule has 1 heterocycles. The van der Waals surface area contributed by atoms with E-state index in [-0.39, 0.29) is 5.12 Å². The number of rotatable bonds is 0. The Bertz CT molecular complexity index is 592. The molecule has 4 nitrogen and oxygen atoms in total. The van der Waals surface area contributed by atoms with Gasteiger partial charge in [-0.3, -0.25) is 14.8 Å². The lowest BCUT2D eigenvalue weighted by molar-refractivity contribution is -0.105. The number of nitrogens with zero attached hydrogens (tertiary/aromatic N) is 2. The molecule has 1 aliphatic rings. The summed E-state index contributed by atoms with van der Waals surface area (Å²) in [4.78, 5) is 19.6. The van der Waals surface area contributed by atoms with Crippen LogP contribution in [0.1, 0.15) is 0 Å². The smallest absolute Gasteiger partial charge is 0.230 e. The minimum absolute atomic E-state index is 0.0462. The van der Waals surface area contributed by atoms with E-state index in [2.05, 4.69) is 15.3 Å². The molecule has 0 saturated carbocycles. The Balaban J connectivity index is 2.40. The van der Waals surface area contributed by atoms with Crippen LogP contribution in [0.3, 0.4) is 0 Å². The number of carbonyl (C=O) groups is 1. The van der Waals surface area contributed by atoms with Crippen LogP contribution in [-0.2, 0) is 4.79 Å². The molecule has 0 amide bonds. The Morgan fingerprint density at radius 3 is 2.94 bits per heavy atom. The van der Waals surface area contributed by atoms with Gasteiger partial charge in [0, 0.05) is 23.4 Å². The van der Waals surface area contributed by atoms with Gasteiger partial charge in [-0.05, 0) is 5.22 Å². The van der Waals surface area contributed by atoms with Crippen molar-refractivity contribution in [3.8, 4) is 0 Å². The molecule has 0 atom stereocenters. The highest BCUT2D eigenvalue weighted by Crippen LogP contribution is 1.99. The third kappa shape index (κ3) is 3.85. The predicted molar refractivity (Wildman–Crippen MR) is 77.1 cm³/mol. The average molecular weight is 259 g/mol. The zero-order chi connectivity index (χ0) is 12.6.